The van der Waals surface area contributed by atoms with Crippen LogP contribution >= 0.6 is 0 Å². The summed E-state index contributed by atoms with van der Waals surface area (Å²) in [6.45, 7) is 6.92. The molecule has 1 unspecified atom stereocenters. The van der Waals surface area contributed by atoms with Gasteiger partial charge in [-0.3, -0.25) is 4.68 Å². The third-order valence-electron chi connectivity index (χ3n) is 3.96. The molecular formula is C18H28N4O. The second kappa shape index (κ2) is 8.24. The van der Waals surface area contributed by atoms with E-state index < -0.39 is 0 Å². The Labute approximate surface area is 138 Å². The van der Waals surface area contributed by atoms with Crippen LogP contribution in [0.2, 0.25) is 0 Å². The Balaban J connectivity index is 1.95. The monoisotopic (exact) mass is 316 g/mol. The molecule has 0 fully saturated rings. The second-order valence-corrected chi connectivity index (χ2v) is 6.34. The maximum absolute atomic E-state index is 9.91. The van der Waals surface area contributed by atoms with Crippen LogP contribution in [0.3, 0.4) is 0 Å². The molecule has 2 aromatic rings. The van der Waals surface area contributed by atoms with Crippen LogP contribution in [-0.2, 0) is 13.1 Å². The zero-order valence-electron chi connectivity index (χ0n) is 14.6. The first-order valence-electron chi connectivity index (χ1n) is 8.07. The molecule has 1 aromatic carbocycles. The maximum Gasteiger partial charge on any atom is 0.0791 e. The first kappa shape index (κ1) is 17.7. The van der Waals surface area contributed by atoms with Gasteiger partial charge < -0.3 is 15.3 Å². The van der Waals surface area contributed by atoms with Gasteiger partial charge in [0.15, 0.2) is 0 Å². The lowest BCUT2D eigenvalue weighted by atomic mass is 10.2. The number of likely N-dealkylation sites (N-methyl/N-ethyl adjacent to an activating group) is 1. The van der Waals surface area contributed by atoms with Crippen molar-refractivity contribution in [2.45, 2.75) is 33.0 Å². The number of aliphatic hydroxyl groups is 1. The summed E-state index contributed by atoms with van der Waals surface area (Å²) in [5.74, 6) is 0. The van der Waals surface area contributed by atoms with E-state index in [1.165, 1.54) is 16.8 Å². The molecule has 2 N–H and O–H groups in total. The van der Waals surface area contributed by atoms with Gasteiger partial charge in [-0.25, -0.2) is 0 Å². The third-order valence-corrected chi connectivity index (χ3v) is 3.96. The number of rotatable bonds is 8. The summed E-state index contributed by atoms with van der Waals surface area (Å²) in [5, 5.41) is 17.9. The lowest BCUT2D eigenvalue weighted by Gasteiger charge is -2.16. The number of aryl methyl sites for hydroxylation is 1. The summed E-state index contributed by atoms with van der Waals surface area (Å²) in [7, 11) is 3.93. The second-order valence-electron chi connectivity index (χ2n) is 6.34. The SMILES string of the molecule is Cc1nn(Cc2ccccc2)c(C)c1CNCC(O)CN(C)C. The van der Waals surface area contributed by atoms with Gasteiger partial charge in [0.1, 0.15) is 0 Å². The molecule has 23 heavy (non-hydrogen) atoms. The highest BCUT2D eigenvalue weighted by atomic mass is 16.3. The Kier molecular flexibility index (Phi) is 6.33. The molecule has 126 valence electrons. The van der Waals surface area contributed by atoms with E-state index in [1.54, 1.807) is 0 Å². The van der Waals surface area contributed by atoms with Crippen LogP contribution in [0, 0.1) is 13.8 Å². The molecule has 1 heterocycles. The van der Waals surface area contributed by atoms with Gasteiger partial charge in [-0.2, -0.15) is 5.10 Å². The van der Waals surface area contributed by atoms with Crippen molar-refractivity contribution in [1.82, 2.24) is 20.0 Å². The van der Waals surface area contributed by atoms with Gasteiger partial charge in [-0.1, -0.05) is 30.3 Å². The fourth-order valence-electron chi connectivity index (χ4n) is 2.75. The van der Waals surface area contributed by atoms with Crippen LogP contribution in [0.1, 0.15) is 22.5 Å². The number of nitrogens with zero attached hydrogens (tertiary/aromatic N) is 3. The van der Waals surface area contributed by atoms with E-state index in [0.717, 1.165) is 18.8 Å². The topological polar surface area (TPSA) is 53.3 Å². The van der Waals surface area contributed by atoms with Crippen molar-refractivity contribution >= 4 is 0 Å². The number of aromatic nitrogens is 2. The van der Waals surface area contributed by atoms with Gasteiger partial charge in [0, 0.05) is 30.9 Å². The average molecular weight is 316 g/mol. The minimum Gasteiger partial charge on any atom is -0.390 e. The summed E-state index contributed by atoms with van der Waals surface area (Å²) in [6.07, 6.45) is -0.357. The van der Waals surface area contributed by atoms with E-state index >= 15 is 0 Å². The van der Waals surface area contributed by atoms with Gasteiger partial charge in [-0.15, -0.1) is 0 Å². The Hall–Kier alpha value is -1.69. The predicted octanol–water partition coefficient (Wildman–Crippen LogP) is 1.56. The fourth-order valence-corrected chi connectivity index (χ4v) is 2.75. The molecule has 0 saturated carbocycles. The van der Waals surface area contributed by atoms with E-state index in [1.807, 2.05) is 32.0 Å². The van der Waals surface area contributed by atoms with E-state index in [4.69, 9.17) is 0 Å². The molecule has 5 nitrogen and oxygen atoms in total. The van der Waals surface area contributed by atoms with Crippen molar-refractivity contribution in [2.24, 2.45) is 0 Å². The van der Waals surface area contributed by atoms with E-state index in [0.29, 0.717) is 13.1 Å². The number of hydrogen-bond acceptors (Lipinski definition) is 4. The van der Waals surface area contributed by atoms with Gasteiger partial charge >= 0.3 is 0 Å². The molecule has 2 rings (SSSR count). The van der Waals surface area contributed by atoms with E-state index in [9.17, 15) is 5.11 Å². The largest absolute Gasteiger partial charge is 0.390 e. The van der Waals surface area contributed by atoms with Crippen LogP contribution in [0.25, 0.3) is 0 Å². The summed E-state index contributed by atoms with van der Waals surface area (Å²) in [4.78, 5) is 1.99. The first-order valence-corrected chi connectivity index (χ1v) is 8.07. The van der Waals surface area contributed by atoms with Crippen molar-refractivity contribution in [1.29, 1.82) is 0 Å². The van der Waals surface area contributed by atoms with Crippen LogP contribution < -0.4 is 5.32 Å². The molecule has 0 saturated heterocycles. The average Bonchev–Trinajstić information content (AvgIpc) is 2.75. The maximum atomic E-state index is 9.91. The molecule has 0 spiro atoms. The lowest BCUT2D eigenvalue weighted by Crippen LogP contribution is -2.34. The Morgan fingerprint density at radius 1 is 1.22 bits per heavy atom. The minimum absolute atomic E-state index is 0.357. The summed E-state index contributed by atoms with van der Waals surface area (Å²) in [6, 6.07) is 10.4. The molecule has 0 bridgehead atoms. The van der Waals surface area contributed by atoms with Crippen molar-refractivity contribution in [3.63, 3.8) is 0 Å². The van der Waals surface area contributed by atoms with Crippen LogP contribution in [-0.4, -0.2) is 53.1 Å². The highest BCUT2D eigenvalue weighted by Crippen LogP contribution is 2.14. The Morgan fingerprint density at radius 2 is 1.91 bits per heavy atom. The number of nitrogens with one attached hydrogen (secondary N) is 1. The van der Waals surface area contributed by atoms with Crippen molar-refractivity contribution in [2.75, 3.05) is 27.2 Å². The van der Waals surface area contributed by atoms with Gasteiger partial charge in [0.05, 0.1) is 18.3 Å². The standard InChI is InChI=1S/C18H28N4O/c1-14-18(11-19-10-17(23)13-21(3)4)15(2)22(20-14)12-16-8-6-5-7-9-16/h5-9,17,19,23H,10-13H2,1-4H3. The quantitative estimate of drug-likeness (QED) is 0.776. The zero-order chi connectivity index (χ0) is 16.8. The highest BCUT2D eigenvalue weighted by molar-refractivity contribution is 5.26. The number of hydrogen-bond donors (Lipinski definition) is 2. The van der Waals surface area contributed by atoms with Crippen LogP contribution in [0.5, 0.6) is 0 Å². The highest BCUT2D eigenvalue weighted by Gasteiger charge is 2.12. The Morgan fingerprint density at radius 3 is 2.57 bits per heavy atom. The van der Waals surface area contributed by atoms with Crippen molar-refractivity contribution in [3.8, 4) is 0 Å². The summed E-state index contributed by atoms with van der Waals surface area (Å²) >= 11 is 0. The van der Waals surface area contributed by atoms with Crippen molar-refractivity contribution in [3.05, 3.63) is 52.8 Å². The number of benzene rings is 1. The summed E-state index contributed by atoms with van der Waals surface area (Å²) in [5.41, 5.74) is 4.70. The molecule has 0 aliphatic carbocycles. The minimum atomic E-state index is -0.357. The van der Waals surface area contributed by atoms with Gasteiger partial charge in [-0.05, 0) is 33.5 Å². The zero-order valence-corrected chi connectivity index (χ0v) is 14.6. The molecule has 0 aliphatic heterocycles. The molecule has 1 aromatic heterocycles. The lowest BCUT2D eigenvalue weighted by molar-refractivity contribution is 0.134. The Bertz CT molecular complexity index is 607. The molecule has 1 atom stereocenters. The molecule has 0 aliphatic rings. The van der Waals surface area contributed by atoms with Gasteiger partial charge in [0.2, 0.25) is 0 Å². The van der Waals surface area contributed by atoms with Crippen LogP contribution in [0.15, 0.2) is 30.3 Å². The normalized spacial score (nSPS) is 12.8. The fraction of sp³-hybridized carbons (Fsp3) is 0.500. The first-order chi connectivity index (χ1) is 11.0. The molecular weight excluding hydrogens is 288 g/mol. The van der Waals surface area contributed by atoms with Gasteiger partial charge in [0.25, 0.3) is 0 Å². The van der Waals surface area contributed by atoms with E-state index in [2.05, 4.69) is 46.3 Å². The van der Waals surface area contributed by atoms with Crippen molar-refractivity contribution < 1.29 is 5.11 Å². The van der Waals surface area contributed by atoms with E-state index in [-0.39, 0.29) is 6.10 Å². The smallest absolute Gasteiger partial charge is 0.0791 e. The molecule has 0 radical (unpaired) electrons. The number of aliphatic hydroxyl groups excluding tert-OH is 1. The summed E-state index contributed by atoms with van der Waals surface area (Å²) < 4.78 is 2.05. The third kappa shape index (κ3) is 5.16. The van der Waals surface area contributed by atoms with Crippen LogP contribution in [0.4, 0.5) is 0 Å². The molecule has 0 amide bonds. The molecule has 5 heteroatoms. The predicted molar refractivity (Wildman–Crippen MR) is 93.5 cm³/mol.